The highest BCUT2D eigenvalue weighted by atomic mass is 32.1. The summed E-state index contributed by atoms with van der Waals surface area (Å²) in [5.41, 5.74) is 0.748. The number of hydrogen-bond donors (Lipinski definition) is 3. The molecule has 3 aromatic rings. The molecule has 1 aliphatic carbocycles. The minimum atomic E-state index is -0.393. The quantitative estimate of drug-likeness (QED) is 0.532. The van der Waals surface area contributed by atoms with Crippen molar-refractivity contribution in [3.05, 3.63) is 65.0 Å². The molecule has 6 nitrogen and oxygen atoms in total. The van der Waals surface area contributed by atoms with Gasteiger partial charge in [0.05, 0.1) is 12.2 Å². The van der Waals surface area contributed by atoms with Gasteiger partial charge in [0.25, 0.3) is 5.91 Å². The third kappa shape index (κ3) is 4.83. The van der Waals surface area contributed by atoms with Crippen molar-refractivity contribution in [3.8, 4) is 0 Å². The van der Waals surface area contributed by atoms with E-state index < -0.39 is 5.82 Å². The van der Waals surface area contributed by atoms with Crippen LogP contribution in [0.25, 0.3) is 0 Å². The lowest BCUT2D eigenvalue weighted by Gasteiger charge is -2.09. The second-order valence-electron chi connectivity index (χ2n) is 6.67. The zero-order valence-electron chi connectivity index (χ0n) is 15.1. The van der Waals surface area contributed by atoms with Crippen molar-refractivity contribution in [3.63, 3.8) is 0 Å². The molecule has 144 valence electrons. The molecule has 2 heterocycles. The predicted octanol–water partition coefficient (Wildman–Crippen LogP) is 4.17. The number of carbonyl (C=O) groups is 1. The second kappa shape index (κ2) is 8.35. The maximum Gasteiger partial charge on any atom is 0.251 e. The molecule has 0 atom stereocenters. The molecule has 8 heteroatoms. The maximum absolute atomic E-state index is 14.1. The zero-order valence-corrected chi connectivity index (χ0v) is 15.9. The van der Waals surface area contributed by atoms with E-state index in [4.69, 9.17) is 0 Å². The fourth-order valence-electron chi connectivity index (χ4n) is 2.64. The first-order chi connectivity index (χ1) is 13.7. The van der Waals surface area contributed by atoms with Crippen LogP contribution in [0.2, 0.25) is 0 Å². The largest absolute Gasteiger partial charge is 0.378 e. The summed E-state index contributed by atoms with van der Waals surface area (Å²) in [4.78, 5) is 21.6. The summed E-state index contributed by atoms with van der Waals surface area (Å²) in [6, 6.07) is 9.96. The van der Waals surface area contributed by atoms with Crippen LogP contribution in [0.1, 0.15) is 28.1 Å². The topological polar surface area (TPSA) is 78.9 Å². The van der Waals surface area contributed by atoms with Crippen LogP contribution in [0.15, 0.2) is 48.8 Å². The number of nitrogens with one attached hydrogen (secondary N) is 3. The predicted molar refractivity (Wildman–Crippen MR) is 108 cm³/mol. The van der Waals surface area contributed by atoms with Crippen molar-refractivity contribution in [2.75, 3.05) is 17.2 Å². The number of thiazole rings is 1. The van der Waals surface area contributed by atoms with Gasteiger partial charge in [-0.3, -0.25) is 4.79 Å². The van der Waals surface area contributed by atoms with Gasteiger partial charge in [0.2, 0.25) is 0 Å². The van der Waals surface area contributed by atoms with Crippen LogP contribution in [0.3, 0.4) is 0 Å². The van der Waals surface area contributed by atoms with E-state index in [9.17, 15) is 9.18 Å². The molecule has 0 saturated heterocycles. The Hall–Kier alpha value is -3.00. The number of aromatic nitrogens is 2. The van der Waals surface area contributed by atoms with Gasteiger partial charge in [-0.1, -0.05) is 17.4 Å². The number of benzene rings is 1. The Morgan fingerprint density at radius 3 is 2.89 bits per heavy atom. The van der Waals surface area contributed by atoms with Gasteiger partial charge >= 0.3 is 0 Å². The van der Waals surface area contributed by atoms with Gasteiger partial charge in [-0.25, -0.2) is 14.4 Å². The third-order valence-corrected chi connectivity index (χ3v) is 5.30. The Morgan fingerprint density at radius 2 is 2.11 bits per heavy atom. The molecule has 3 N–H and O–H groups in total. The van der Waals surface area contributed by atoms with Crippen LogP contribution in [0.5, 0.6) is 0 Å². The van der Waals surface area contributed by atoms with Crippen molar-refractivity contribution < 1.29 is 9.18 Å². The SMILES string of the molecule is O=C(NCC1CC1)c1ccc(F)c(NCc2cnc(Nc3ccccn3)s2)c1. The summed E-state index contributed by atoms with van der Waals surface area (Å²) in [7, 11) is 0. The van der Waals surface area contributed by atoms with Crippen LogP contribution in [0.4, 0.5) is 21.0 Å². The number of hydrogen-bond acceptors (Lipinski definition) is 6. The van der Waals surface area contributed by atoms with Gasteiger partial charge in [0.1, 0.15) is 11.6 Å². The number of pyridine rings is 1. The van der Waals surface area contributed by atoms with Crippen molar-refractivity contribution in [1.29, 1.82) is 0 Å². The third-order valence-electron chi connectivity index (χ3n) is 4.38. The van der Waals surface area contributed by atoms with Crippen LogP contribution in [-0.2, 0) is 6.54 Å². The van der Waals surface area contributed by atoms with E-state index >= 15 is 0 Å². The molecule has 0 radical (unpaired) electrons. The van der Waals surface area contributed by atoms with Crippen LogP contribution in [-0.4, -0.2) is 22.4 Å². The number of amides is 1. The molecule has 1 saturated carbocycles. The van der Waals surface area contributed by atoms with Crippen LogP contribution >= 0.6 is 11.3 Å². The average Bonchev–Trinajstić information content (AvgIpc) is 3.44. The Kier molecular flexibility index (Phi) is 5.48. The Bertz CT molecular complexity index is 958. The molecule has 28 heavy (non-hydrogen) atoms. The number of carbonyl (C=O) groups excluding carboxylic acids is 1. The standard InChI is InChI=1S/C20H20FN5OS/c21-16-7-6-14(19(27)24-10-13-4-5-13)9-17(16)23-11-15-12-25-20(28-15)26-18-3-1-2-8-22-18/h1-3,6-9,12-13,23H,4-5,10-11H2,(H,24,27)(H,22,25,26). The maximum atomic E-state index is 14.1. The molecule has 0 bridgehead atoms. The van der Waals surface area contributed by atoms with Gasteiger partial charge < -0.3 is 16.0 Å². The molecule has 1 fully saturated rings. The van der Waals surface area contributed by atoms with Crippen molar-refractivity contribution in [2.24, 2.45) is 5.92 Å². The highest BCUT2D eigenvalue weighted by Gasteiger charge is 2.22. The van der Waals surface area contributed by atoms with Crippen molar-refractivity contribution >= 4 is 33.9 Å². The van der Waals surface area contributed by atoms with Gasteiger partial charge in [0.15, 0.2) is 5.13 Å². The molecule has 1 aliphatic rings. The fourth-order valence-corrected chi connectivity index (χ4v) is 3.40. The van der Waals surface area contributed by atoms with Crippen LogP contribution < -0.4 is 16.0 Å². The summed E-state index contributed by atoms with van der Waals surface area (Å²) in [6.07, 6.45) is 5.77. The molecule has 0 spiro atoms. The number of halogens is 1. The van der Waals surface area contributed by atoms with Gasteiger partial charge in [0, 0.05) is 29.4 Å². The van der Waals surface area contributed by atoms with Gasteiger partial charge in [-0.2, -0.15) is 0 Å². The van der Waals surface area contributed by atoms with E-state index in [1.54, 1.807) is 18.5 Å². The lowest BCUT2D eigenvalue weighted by Crippen LogP contribution is -2.25. The monoisotopic (exact) mass is 397 g/mol. The summed E-state index contributed by atoms with van der Waals surface area (Å²) in [6.45, 7) is 1.09. The van der Waals surface area contributed by atoms with E-state index in [0.29, 0.717) is 41.2 Å². The Balaban J connectivity index is 1.36. The lowest BCUT2D eigenvalue weighted by atomic mass is 10.1. The first kappa shape index (κ1) is 18.4. The minimum absolute atomic E-state index is 0.172. The summed E-state index contributed by atoms with van der Waals surface area (Å²) < 4.78 is 14.1. The smallest absolute Gasteiger partial charge is 0.251 e. The summed E-state index contributed by atoms with van der Waals surface area (Å²) in [5, 5.41) is 9.79. The highest BCUT2D eigenvalue weighted by molar-refractivity contribution is 7.15. The first-order valence-electron chi connectivity index (χ1n) is 9.12. The molecule has 2 aromatic heterocycles. The lowest BCUT2D eigenvalue weighted by molar-refractivity contribution is 0.0952. The van der Waals surface area contributed by atoms with E-state index in [2.05, 4.69) is 25.9 Å². The van der Waals surface area contributed by atoms with Crippen molar-refractivity contribution in [1.82, 2.24) is 15.3 Å². The highest BCUT2D eigenvalue weighted by Crippen LogP contribution is 2.28. The molecule has 0 aliphatic heterocycles. The molecule has 4 rings (SSSR count). The summed E-state index contributed by atoms with van der Waals surface area (Å²) in [5.74, 6) is 0.749. The van der Waals surface area contributed by atoms with Crippen molar-refractivity contribution in [2.45, 2.75) is 19.4 Å². The normalized spacial score (nSPS) is 13.2. The van der Waals surface area contributed by atoms with E-state index in [1.165, 1.54) is 36.3 Å². The van der Waals surface area contributed by atoms with E-state index in [0.717, 1.165) is 4.88 Å². The van der Waals surface area contributed by atoms with E-state index in [1.807, 2.05) is 18.2 Å². The molecular formula is C20H20FN5OS. The molecule has 1 aromatic carbocycles. The zero-order chi connectivity index (χ0) is 19.3. The van der Waals surface area contributed by atoms with Gasteiger partial charge in [-0.15, -0.1) is 0 Å². The minimum Gasteiger partial charge on any atom is -0.378 e. The number of nitrogens with zero attached hydrogens (tertiary/aromatic N) is 2. The van der Waals surface area contributed by atoms with E-state index in [-0.39, 0.29) is 5.91 Å². The van der Waals surface area contributed by atoms with Gasteiger partial charge in [-0.05, 0) is 49.1 Å². The fraction of sp³-hybridized carbons (Fsp3) is 0.250. The van der Waals surface area contributed by atoms with Crippen LogP contribution in [0, 0.1) is 11.7 Å². The first-order valence-corrected chi connectivity index (χ1v) is 9.93. The molecule has 1 amide bonds. The Labute approximate surface area is 166 Å². The molecule has 0 unspecified atom stereocenters. The average molecular weight is 397 g/mol. The Morgan fingerprint density at radius 1 is 1.21 bits per heavy atom. The number of rotatable bonds is 8. The number of anilines is 3. The second-order valence-corrected chi connectivity index (χ2v) is 7.79. The summed E-state index contributed by atoms with van der Waals surface area (Å²) >= 11 is 1.46. The molecular weight excluding hydrogens is 377 g/mol.